The maximum atomic E-state index is 10.5. The number of phosphoric acid groups is 1. The number of hydrogen-bond acceptors (Lipinski definition) is 7. The van der Waals surface area contributed by atoms with Crippen molar-refractivity contribution in [2.24, 2.45) is 0 Å². The van der Waals surface area contributed by atoms with Gasteiger partial charge in [-0.25, -0.2) is 4.57 Å². The molecule has 1 saturated heterocycles. The third kappa shape index (κ3) is 3.20. The minimum absolute atomic E-state index is 0.702. The zero-order chi connectivity index (χ0) is 12.5. The molecule has 0 aromatic carbocycles. The van der Waals surface area contributed by atoms with Crippen molar-refractivity contribution in [3.8, 4) is 0 Å². The summed E-state index contributed by atoms with van der Waals surface area (Å²) in [6.45, 7) is -0.702. The number of phosphoric ester groups is 1. The van der Waals surface area contributed by atoms with E-state index in [0.29, 0.717) is 0 Å². The Morgan fingerprint density at radius 3 is 2.12 bits per heavy atom. The predicted octanol–water partition coefficient (Wildman–Crippen LogP) is -3.10. The lowest BCUT2D eigenvalue weighted by molar-refractivity contribution is -0.280. The van der Waals surface area contributed by atoms with Gasteiger partial charge in [-0.1, -0.05) is 0 Å². The summed E-state index contributed by atoms with van der Waals surface area (Å²) < 4.78 is 19.2. The van der Waals surface area contributed by atoms with Gasteiger partial charge >= 0.3 is 7.82 Å². The molecule has 16 heavy (non-hydrogen) atoms. The summed E-state index contributed by atoms with van der Waals surface area (Å²) in [5.74, 6) is 0. The SMILES string of the molecule is O=P(O)(O)OC1O[C@H](CO)[C@H](O)[C@H](O)[C@H]1O. The maximum Gasteiger partial charge on any atom is 0.472 e. The monoisotopic (exact) mass is 260 g/mol. The van der Waals surface area contributed by atoms with Crippen LogP contribution >= 0.6 is 7.82 Å². The Morgan fingerprint density at radius 1 is 1.12 bits per heavy atom. The second-order valence-electron chi connectivity index (χ2n) is 3.29. The smallest absolute Gasteiger partial charge is 0.394 e. The van der Waals surface area contributed by atoms with Gasteiger partial charge in [-0.3, -0.25) is 4.52 Å². The molecule has 0 spiro atoms. The van der Waals surface area contributed by atoms with E-state index in [0.717, 1.165) is 0 Å². The maximum absolute atomic E-state index is 10.5. The van der Waals surface area contributed by atoms with Crippen molar-refractivity contribution in [1.82, 2.24) is 0 Å². The van der Waals surface area contributed by atoms with Gasteiger partial charge in [0.2, 0.25) is 0 Å². The van der Waals surface area contributed by atoms with Gasteiger partial charge in [-0.2, -0.15) is 0 Å². The van der Waals surface area contributed by atoms with E-state index >= 15 is 0 Å². The van der Waals surface area contributed by atoms with Gasteiger partial charge in [0.25, 0.3) is 0 Å². The van der Waals surface area contributed by atoms with E-state index in [1.165, 1.54) is 0 Å². The highest BCUT2D eigenvalue weighted by atomic mass is 31.2. The summed E-state index contributed by atoms with van der Waals surface area (Å²) in [7, 11) is -4.91. The Kier molecular flexibility index (Phi) is 4.41. The summed E-state index contributed by atoms with van der Waals surface area (Å²) in [6.07, 6.45) is -8.25. The second kappa shape index (κ2) is 5.05. The van der Waals surface area contributed by atoms with E-state index in [1.54, 1.807) is 0 Å². The summed E-state index contributed by atoms with van der Waals surface area (Å²) in [6, 6.07) is 0. The summed E-state index contributed by atoms with van der Waals surface area (Å²) >= 11 is 0. The van der Waals surface area contributed by atoms with Crippen LogP contribution in [0, 0.1) is 0 Å². The highest BCUT2D eigenvalue weighted by Gasteiger charge is 2.46. The molecule has 0 radical (unpaired) electrons. The first-order valence-corrected chi connectivity index (χ1v) is 5.83. The van der Waals surface area contributed by atoms with Crippen molar-refractivity contribution in [2.45, 2.75) is 30.7 Å². The molecule has 0 amide bonds. The van der Waals surface area contributed by atoms with Crippen LogP contribution in [0.4, 0.5) is 0 Å². The highest BCUT2D eigenvalue weighted by Crippen LogP contribution is 2.40. The molecule has 1 unspecified atom stereocenters. The zero-order valence-corrected chi connectivity index (χ0v) is 8.84. The molecule has 1 aliphatic heterocycles. The van der Waals surface area contributed by atoms with Crippen molar-refractivity contribution < 1.29 is 44.0 Å². The van der Waals surface area contributed by atoms with Crippen molar-refractivity contribution in [3.05, 3.63) is 0 Å². The fourth-order valence-electron chi connectivity index (χ4n) is 1.29. The molecule has 10 heteroatoms. The summed E-state index contributed by atoms with van der Waals surface area (Å²) in [5, 5.41) is 36.6. The fourth-order valence-corrected chi connectivity index (χ4v) is 1.73. The van der Waals surface area contributed by atoms with Crippen molar-refractivity contribution in [2.75, 3.05) is 6.61 Å². The van der Waals surface area contributed by atoms with E-state index < -0.39 is 45.1 Å². The molecule has 1 rings (SSSR count). The number of rotatable bonds is 3. The average molecular weight is 260 g/mol. The molecule has 5 atom stereocenters. The van der Waals surface area contributed by atoms with Crippen molar-refractivity contribution in [3.63, 3.8) is 0 Å². The van der Waals surface area contributed by atoms with Crippen LogP contribution in [0.15, 0.2) is 0 Å². The second-order valence-corrected chi connectivity index (χ2v) is 4.49. The molecular formula is C6H13O9P. The van der Waals surface area contributed by atoms with Gasteiger partial charge < -0.3 is 34.9 Å². The first-order chi connectivity index (χ1) is 7.26. The molecule has 0 bridgehead atoms. The van der Waals surface area contributed by atoms with Crippen LogP contribution in [0.25, 0.3) is 0 Å². The molecule has 6 N–H and O–H groups in total. The Hall–Kier alpha value is -0.0900. The molecule has 1 fully saturated rings. The van der Waals surface area contributed by atoms with E-state index in [9.17, 15) is 19.9 Å². The van der Waals surface area contributed by atoms with Crippen LogP contribution < -0.4 is 0 Å². The van der Waals surface area contributed by atoms with Gasteiger partial charge in [0, 0.05) is 0 Å². The Labute approximate surface area is 90.1 Å². The minimum Gasteiger partial charge on any atom is -0.394 e. The lowest BCUT2D eigenvalue weighted by Gasteiger charge is -2.39. The Balaban J connectivity index is 2.75. The summed E-state index contributed by atoms with van der Waals surface area (Å²) in [5.41, 5.74) is 0. The molecule has 96 valence electrons. The van der Waals surface area contributed by atoms with E-state index in [4.69, 9.17) is 14.9 Å². The lowest BCUT2D eigenvalue weighted by Crippen LogP contribution is -2.58. The van der Waals surface area contributed by atoms with Crippen LogP contribution in [-0.2, 0) is 13.8 Å². The number of hydrogen-bond donors (Lipinski definition) is 6. The standard InChI is InChI=1S/C6H13O9P/c7-1-2-3(8)4(9)5(10)6(14-2)15-16(11,12)13/h2-10H,1H2,(H2,11,12,13)/t2-,3+,4+,5-,6?/m1/s1. The predicted molar refractivity (Wildman–Crippen MR) is 46.9 cm³/mol. The third-order valence-electron chi connectivity index (χ3n) is 2.09. The van der Waals surface area contributed by atoms with Crippen LogP contribution in [0.1, 0.15) is 0 Å². The molecule has 0 aromatic heterocycles. The highest BCUT2D eigenvalue weighted by molar-refractivity contribution is 7.46. The molecule has 0 aromatic rings. The molecule has 9 nitrogen and oxygen atoms in total. The summed E-state index contributed by atoms with van der Waals surface area (Å²) in [4.78, 5) is 17.0. The molecule has 1 heterocycles. The van der Waals surface area contributed by atoms with Gasteiger partial charge in [-0.15, -0.1) is 0 Å². The first kappa shape index (κ1) is 14.0. The topological polar surface area (TPSA) is 157 Å². The molecule has 0 saturated carbocycles. The van der Waals surface area contributed by atoms with E-state index in [-0.39, 0.29) is 0 Å². The molecule has 1 aliphatic rings. The fraction of sp³-hybridized carbons (Fsp3) is 1.00. The minimum atomic E-state index is -4.91. The number of aliphatic hydroxyl groups excluding tert-OH is 4. The van der Waals surface area contributed by atoms with Gasteiger partial charge in [0.1, 0.15) is 24.4 Å². The third-order valence-corrected chi connectivity index (χ3v) is 2.57. The quantitative estimate of drug-likeness (QED) is 0.289. The van der Waals surface area contributed by atoms with Crippen molar-refractivity contribution in [1.29, 1.82) is 0 Å². The molecular weight excluding hydrogens is 247 g/mol. The van der Waals surface area contributed by atoms with Gasteiger partial charge in [0.15, 0.2) is 6.29 Å². The average Bonchev–Trinajstić information content (AvgIpc) is 2.17. The first-order valence-electron chi connectivity index (χ1n) is 4.30. The van der Waals surface area contributed by atoms with Crippen LogP contribution in [0.2, 0.25) is 0 Å². The number of ether oxygens (including phenoxy) is 1. The number of aliphatic hydroxyl groups is 4. The van der Waals surface area contributed by atoms with Crippen LogP contribution in [-0.4, -0.2) is 67.5 Å². The van der Waals surface area contributed by atoms with Crippen LogP contribution in [0.5, 0.6) is 0 Å². The Bertz CT molecular complexity index is 275. The van der Waals surface area contributed by atoms with E-state index in [1.807, 2.05) is 0 Å². The molecule has 0 aliphatic carbocycles. The van der Waals surface area contributed by atoms with Gasteiger partial charge in [-0.05, 0) is 0 Å². The lowest BCUT2D eigenvalue weighted by atomic mass is 10.00. The van der Waals surface area contributed by atoms with E-state index in [2.05, 4.69) is 9.26 Å². The van der Waals surface area contributed by atoms with Crippen molar-refractivity contribution >= 4 is 7.82 Å². The zero-order valence-electron chi connectivity index (χ0n) is 7.95. The largest absolute Gasteiger partial charge is 0.472 e. The Morgan fingerprint density at radius 2 is 1.69 bits per heavy atom. The normalized spacial score (nSPS) is 41.0. The van der Waals surface area contributed by atoms with Gasteiger partial charge in [0.05, 0.1) is 6.61 Å². The van der Waals surface area contributed by atoms with Crippen LogP contribution in [0.3, 0.4) is 0 Å².